The van der Waals surface area contributed by atoms with E-state index in [4.69, 9.17) is 4.74 Å². The molecule has 0 aliphatic carbocycles. The van der Waals surface area contributed by atoms with Crippen LogP contribution in [0.2, 0.25) is 0 Å². The largest absolute Gasteiger partial charge is 0.375 e. The van der Waals surface area contributed by atoms with Crippen molar-refractivity contribution in [1.82, 2.24) is 10.3 Å². The Morgan fingerprint density at radius 2 is 1.84 bits per heavy atom. The number of aromatic nitrogens is 1. The van der Waals surface area contributed by atoms with Crippen LogP contribution >= 0.6 is 0 Å². The van der Waals surface area contributed by atoms with Crippen LogP contribution in [-0.4, -0.2) is 43.4 Å². The third-order valence-electron chi connectivity index (χ3n) is 4.12. The summed E-state index contributed by atoms with van der Waals surface area (Å²) in [4.78, 5) is 6.60. The van der Waals surface area contributed by atoms with Gasteiger partial charge in [-0.2, -0.15) is 0 Å². The Kier molecular flexibility index (Phi) is 4.30. The molecule has 0 aromatic carbocycles. The lowest BCUT2D eigenvalue weighted by molar-refractivity contribution is -0.0363. The van der Waals surface area contributed by atoms with Crippen LogP contribution in [0.5, 0.6) is 0 Å². The predicted octanol–water partition coefficient (Wildman–Crippen LogP) is 1.82. The number of rotatable bonds is 3. The highest BCUT2D eigenvalue weighted by Gasteiger charge is 2.23. The molecule has 1 aromatic rings. The van der Waals surface area contributed by atoms with Crippen LogP contribution in [-0.2, 0) is 4.74 Å². The van der Waals surface area contributed by atoms with E-state index in [9.17, 15) is 0 Å². The minimum atomic E-state index is 0.455. The molecule has 0 atom stereocenters. The Morgan fingerprint density at radius 1 is 1.11 bits per heavy atom. The second kappa shape index (κ2) is 6.35. The van der Waals surface area contributed by atoms with Gasteiger partial charge in [-0.15, -0.1) is 0 Å². The van der Waals surface area contributed by atoms with E-state index in [2.05, 4.69) is 21.3 Å². The standard InChI is InChI=1S/C15H23N3O/c1-2-13(12-17-7-1)18-10-5-15(6-11-18)19-14-3-8-16-9-4-14/h1-2,7,12,14-16H,3-6,8-11H2. The van der Waals surface area contributed by atoms with Crippen LogP contribution in [0.25, 0.3) is 0 Å². The Morgan fingerprint density at radius 3 is 2.53 bits per heavy atom. The molecule has 104 valence electrons. The maximum Gasteiger partial charge on any atom is 0.0612 e. The van der Waals surface area contributed by atoms with Crippen molar-refractivity contribution in [1.29, 1.82) is 0 Å². The smallest absolute Gasteiger partial charge is 0.0612 e. The van der Waals surface area contributed by atoms with Gasteiger partial charge in [0.2, 0.25) is 0 Å². The van der Waals surface area contributed by atoms with Gasteiger partial charge in [0.25, 0.3) is 0 Å². The minimum absolute atomic E-state index is 0.455. The van der Waals surface area contributed by atoms with Gasteiger partial charge in [0.15, 0.2) is 0 Å². The quantitative estimate of drug-likeness (QED) is 0.900. The van der Waals surface area contributed by atoms with Gasteiger partial charge in [-0.3, -0.25) is 4.98 Å². The minimum Gasteiger partial charge on any atom is -0.375 e. The van der Waals surface area contributed by atoms with Crippen molar-refractivity contribution in [2.45, 2.75) is 37.9 Å². The van der Waals surface area contributed by atoms with Crippen LogP contribution in [0, 0.1) is 0 Å². The third kappa shape index (κ3) is 3.45. The SMILES string of the molecule is c1cncc(N2CCC(OC3CCNCC3)CC2)c1. The summed E-state index contributed by atoms with van der Waals surface area (Å²) in [6.45, 7) is 4.39. The van der Waals surface area contributed by atoms with Crippen LogP contribution in [0.1, 0.15) is 25.7 Å². The molecule has 1 aromatic heterocycles. The monoisotopic (exact) mass is 261 g/mol. The Hall–Kier alpha value is -1.13. The molecule has 0 amide bonds. The van der Waals surface area contributed by atoms with E-state index in [1.807, 2.05) is 18.5 Å². The van der Waals surface area contributed by atoms with E-state index in [0.29, 0.717) is 12.2 Å². The lowest BCUT2D eigenvalue weighted by atomic mass is 10.1. The van der Waals surface area contributed by atoms with Gasteiger partial charge in [-0.05, 0) is 50.9 Å². The van der Waals surface area contributed by atoms with Gasteiger partial charge in [0.05, 0.1) is 24.1 Å². The maximum absolute atomic E-state index is 6.23. The van der Waals surface area contributed by atoms with Crippen molar-refractivity contribution >= 4 is 5.69 Å². The number of hydrogen-bond acceptors (Lipinski definition) is 4. The van der Waals surface area contributed by atoms with E-state index < -0.39 is 0 Å². The molecule has 19 heavy (non-hydrogen) atoms. The van der Waals surface area contributed by atoms with Gasteiger partial charge in [-0.1, -0.05) is 0 Å². The number of nitrogens with one attached hydrogen (secondary N) is 1. The molecule has 0 unspecified atom stereocenters. The topological polar surface area (TPSA) is 37.4 Å². The number of nitrogens with zero attached hydrogens (tertiary/aromatic N) is 2. The van der Waals surface area contributed by atoms with Crippen molar-refractivity contribution in [3.63, 3.8) is 0 Å². The maximum atomic E-state index is 6.23. The highest BCUT2D eigenvalue weighted by atomic mass is 16.5. The summed E-state index contributed by atoms with van der Waals surface area (Å²) in [7, 11) is 0. The molecule has 3 heterocycles. The summed E-state index contributed by atoms with van der Waals surface area (Å²) in [6, 6.07) is 4.15. The zero-order valence-electron chi connectivity index (χ0n) is 11.4. The molecule has 2 saturated heterocycles. The molecular weight excluding hydrogens is 238 g/mol. The van der Waals surface area contributed by atoms with E-state index in [0.717, 1.165) is 39.0 Å². The highest BCUT2D eigenvalue weighted by molar-refractivity contribution is 5.43. The number of piperidine rings is 2. The third-order valence-corrected chi connectivity index (χ3v) is 4.12. The van der Waals surface area contributed by atoms with Crippen molar-refractivity contribution in [3.8, 4) is 0 Å². The average molecular weight is 261 g/mol. The lowest BCUT2D eigenvalue weighted by Crippen LogP contribution is -2.40. The van der Waals surface area contributed by atoms with E-state index in [1.165, 1.54) is 18.5 Å². The fourth-order valence-corrected chi connectivity index (χ4v) is 2.99. The van der Waals surface area contributed by atoms with Crippen molar-refractivity contribution in [2.75, 3.05) is 31.1 Å². The van der Waals surface area contributed by atoms with Gasteiger partial charge >= 0.3 is 0 Å². The van der Waals surface area contributed by atoms with Crippen molar-refractivity contribution < 1.29 is 4.74 Å². The molecule has 0 radical (unpaired) electrons. The van der Waals surface area contributed by atoms with E-state index in [-0.39, 0.29) is 0 Å². The number of ether oxygens (including phenoxy) is 1. The van der Waals surface area contributed by atoms with Crippen LogP contribution in [0.4, 0.5) is 5.69 Å². The van der Waals surface area contributed by atoms with Crippen LogP contribution < -0.4 is 10.2 Å². The number of hydrogen-bond donors (Lipinski definition) is 1. The second-order valence-corrected chi connectivity index (χ2v) is 5.48. The highest BCUT2D eigenvalue weighted by Crippen LogP contribution is 2.22. The molecule has 0 bridgehead atoms. The molecule has 0 saturated carbocycles. The summed E-state index contributed by atoms with van der Waals surface area (Å²) in [5, 5.41) is 3.39. The van der Waals surface area contributed by atoms with Gasteiger partial charge in [0, 0.05) is 19.3 Å². The summed E-state index contributed by atoms with van der Waals surface area (Å²) in [6.07, 6.45) is 9.33. The molecule has 4 nitrogen and oxygen atoms in total. The zero-order chi connectivity index (χ0) is 12.9. The Labute approximate surface area is 115 Å². The predicted molar refractivity (Wildman–Crippen MR) is 76.4 cm³/mol. The van der Waals surface area contributed by atoms with Crippen molar-refractivity contribution in [3.05, 3.63) is 24.5 Å². The molecule has 3 rings (SSSR count). The van der Waals surface area contributed by atoms with Gasteiger partial charge < -0.3 is 15.0 Å². The summed E-state index contributed by atoms with van der Waals surface area (Å²) >= 11 is 0. The first kappa shape index (κ1) is 12.9. The lowest BCUT2D eigenvalue weighted by Gasteiger charge is -2.36. The number of pyridine rings is 1. The van der Waals surface area contributed by atoms with E-state index >= 15 is 0 Å². The molecule has 0 spiro atoms. The van der Waals surface area contributed by atoms with Crippen LogP contribution in [0.15, 0.2) is 24.5 Å². The molecule has 1 N–H and O–H groups in total. The fraction of sp³-hybridized carbons (Fsp3) is 0.667. The Balaban J connectivity index is 1.46. The first-order valence-corrected chi connectivity index (χ1v) is 7.43. The van der Waals surface area contributed by atoms with Crippen molar-refractivity contribution in [2.24, 2.45) is 0 Å². The fourth-order valence-electron chi connectivity index (χ4n) is 2.99. The second-order valence-electron chi connectivity index (χ2n) is 5.48. The number of anilines is 1. The van der Waals surface area contributed by atoms with Gasteiger partial charge in [0.1, 0.15) is 0 Å². The molecule has 2 fully saturated rings. The average Bonchev–Trinajstić information content (AvgIpc) is 2.50. The first-order chi connectivity index (χ1) is 9.42. The molecular formula is C15H23N3O. The Bertz CT molecular complexity index is 370. The first-order valence-electron chi connectivity index (χ1n) is 7.43. The summed E-state index contributed by atoms with van der Waals surface area (Å²) in [5.74, 6) is 0. The van der Waals surface area contributed by atoms with Crippen LogP contribution in [0.3, 0.4) is 0 Å². The summed E-state index contributed by atoms with van der Waals surface area (Å²) in [5.41, 5.74) is 1.24. The normalized spacial score (nSPS) is 22.6. The molecule has 2 aliphatic heterocycles. The summed E-state index contributed by atoms with van der Waals surface area (Å²) < 4.78 is 6.23. The molecule has 2 aliphatic rings. The zero-order valence-corrected chi connectivity index (χ0v) is 11.4. The van der Waals surface area contributed by atoms with Gasteiger partial charge in [-0.25, -0.2) is 0 Å². The van der Waals surface area contributed by atoms with E-state index in [1.54, 1.807) is 0 Å². The molecule has 4 heteroatoms.